The molecule has 1 heterocycles. The number of carbonyl (C=O) groups excluding carboxylic acids is 1. The van der Waals surface area contributed by atoms with Crippen LogP contribution in [0, 0.1) is 0 Å². The van der Waals surface area contributed by atoms with Crippen LogP contribution in [0.3, 0.4) is 0 Å². The predicted octanol–water partition coefficient (Wildman–Crippen LogP) is 3.28. The van der Waals surface area contributed by atoms with Crippen molar-refractivity contribution in [2.75, 3.05) is 5.32 Å². The summed E-state index contributed by atoms with van der Waals surface area (Å²) in [7, 11) is 0. The highest BCUT2D eigenvalue weighted by Crippen LogP contribution is 2.26. The molecule has 0 saturated carbocycles. The van der Waals surface area contributed by atoms with E-state index in [9.17, 15) is 9.90 Å². The SMILES string of the molecule is CC(Oc1cccc(C(C)(C)C)c1)C(=O)Nc1cnccc1CO. The summed E-state index contributed by atoms with van der Waals surface area (Å²) in [5, 5.41) is 12.0. The van der Waals surface area contributed by atoms with Crippen molar-refractivity contribution >= 4 is 11.6 Å². The lowest BCUT2D eigenvalue weighted by molar-refractivity contribution is -0.122. The summed E-state index contributed by atoms with van der Waals surface area (Å²) in [5.74, 6) is 0.359. The van der Waals surface area contributed by atoms with Crippen LogP contribution in [-0.2, 0) is 16.8 Å². The van der Waals surface area contributed by atoms with E-state index in [1.54, 1.807) is 19.2 Å². The highest BCUT2D eigenvalue weighted by atomic mass is 16.5. The second-order valence-corrected chi connectivity index (χ2v) is 6.72. The lowest BCUT2D eigenvalue weighted by atomic mass is 9.87. The third-order valence-corrected chi connectivity index (χ3v) is 3.72. The Balaban J connectivity index is 2.07. The van der Waals surface area contributed by atoms with Gasteiger partial charge in [-0.15, -0.1) is 0 Å². The van der Waals surface area contributed by atoms with E-state index in [1.165, 1.54) is 6.20 Å². The number of aromatic nitrogens is 1. The van der Waals surface area contributed by atoms with Gasteiger partial charge in [0.25, 0.3) is 5.91 Å². The zero-order valence-corrected chi connectivity index (χ0v) is 14.5. The molecule has 0 aliphatic carbocycles. The maximum Gasteiger partial charge on any atom is 0.265 e. The highest BCUT2D eigenvalue weighted by Gasteiger charge is 2.18. The maximum atomic E-state index is 12.3. The number of anilines is 1. The lowest BCUT2D eigenvalue weighted by Gasteiger charge is -2.21. The quantitative estimate of drug-likeness (QED) is 0.883. The van der Waals surface area contributed by atoms with Crippen molar-refractivity contribution in [1.29, 1.82) is 0 Å². The predicted molar refractivity (Wildman–Crippen MR) is 94.0 cm³/mol. The van der Waals surface area contributed by atoms with Gasteiger partial charge in [-0.2, -0.15) is 0 Å². The zero-order valence-electron chi connectivity index (χ0n) is 14.5. The number of nitrogens with zero attached hydrogens (tertiary/aromatic N) is 1. The number of hydrogen-bond donors (Lipinski definition) is 2. The average molecular weight is 328 g/mol. The number of rotatable bonds is 5. The van der Waals surface area contributed by atoms with Crippen LogP contribution in [0.5, 0.6) is 5.75 Å². The first-order valence-electron chi connectivity index (χ1n) is 7.93. The number of benzene rings is 1. The minimum Gasteiger partial charge on any atom is -0.481 e. The topological polar surface area (TPSA) is 71.5 Å². The molecule has 24 heavy (non-hydrogen) atoms. The van der Waals surface area contributed by atoms with Crippen LogP contribution < -0.4 is 10.1 Å². The van der Waals surface area contributed by atoms with E-state index in [1.807, 2.05) is 24.3 Å². The minimum absolute atomic E-state index is 0.0105. The summed E-state index contributed by atoms with van der Waals surface area (Å²) in [4.78, 5) is 16.3. The second-order valence-electron chi connectivity index (χ2n) is 6.72. The van der Waals surface area contributed by atoms with Crippen molar-refractivity contribution in [3.8, 4) is 5.75 Å². The summed E-state index contributed by atoms with van der Waals surface area (Å²) < 4.78 is 5.76. The van der Waals surface area contributed by atoms with Gasteiger partial charge >= 0.3 is 0 Å². The molecule has 5 heteroatoms. The van der Waals surface area contributed by atoms with Gasteiger partial charge in [0.15, 0.2) is 6.10 Å². The first-order valence-corrected chi connectivity index (χ1v) is 7.93. The standard InChI is InChI=1S/C19H24N2O3/c1-13(18(23)21-17-11-20-9-8-14(17)12-22)24-16-7-5-6-15(10-16)19(2,3)4/h5-11,13,22H,12H2,1-4H3,(H,21,23). The van der Waals surface area contributed by atoms with Crippen molar-refractivity contribution in [3.05, 3.63) is 53.9 Å². The van der Waals surface area contributed by atoms with Gasteiger partial charge in [0.2, 0.25) is 0 Å². The molecule has 1 atom stereocenters. The molecular weight excluding hydrogens is 304 g/mol. The number of nitrogens with one attached hydrogen (secondary N) is 1. The Labute approximate surface area is 142 Å². The second kappa shape index (κ2) is 7.45. The van der Waals surface area contributed by atoms with E-state index < -0.39 is 6.10 Å². The van der Waals surface area contributed by atoms with Crippen LogP contribution in [0.25, 0.3) is 0 Å². The summed E-state index contributed by atoms with van der Waals surface area (Å²) in [5.41, 5.74) is 2.25. The van der Waals surface area contributed by atoms with E-state index in [0.29, 0.717) is 17.0 Å². The van der Waals surface area contributed by atoms with E-state index >= 15 is 0 Å². The van der Waals surface area contributed by atoms with Gasteiger partial charge in [0.05, 0.1) is 18.5 Å². The molecule has 2 N–H and O–H groups in total. The summed E-state index contributed by atoms with van der Waals surface area (Å²) in [6, 6.07) is 9.41. The Kier molecular flexibility index (Phi) is 5.57. The third-order valence-electron chi connectivity index (χ3n) is 3.72. The van der Waals surface area contributed by atoms with Crippen molar-refractivity contribution in [3.63, 3.8) is 0 Å². The fourth-order valence-corrected chi connectivity index (χ4v) is 2.20. The molecule has 0 bridgehead atoms. The Morgan fingerprint density at radius 2 is 2.08 bits per heavy atom. The number of amides is 1. The van der Waals surface area contributed by atoms with Crippen molar-refractivity contribution < 1.29 is 14.6 Å². The molecule has 1 unspecified atom stereocenters. The number of aliphatic hydroxyl groups is 1. The van der Waals surface area contributed by atoms with Gasteiger partial charge in [-0.05, 0) is 36.1 Å². The first kappa shape index (κ1) is 17.9. The van der Waals surface area contributed by atoms with Crippen molar-refractivity contribution in [2.45, 2.75) is 45.8 Å². The highest BCUT2D eigenvalue weighted by molar-refractivity contribution is 5.94. The first-order chi connectivity index (χ1) is 11.3. The smallest absolute Gasteiger partial charge is 0.265 e. The van der Waals surface area contributed by atoms with Gasteiger partial charge < -0.3 is 15.2 Å². The van der Waals surface area contributed by atoms with E-state index in [4.69, 9.17) is 4.74 Å². The van der Waals surface area contributed by atoms with Crippen molar-refractivity contribution in [2.24, 2.45) is 0 Å². The number of carbonyl (C=O) groups is 1. The Hall–Kier alpha value is -2.40. The normalized spacial score (nSPS) is 12.5. The molecule has 2 rings (SSSR count). The fraction of sp³-hybridized carbons (Fsp3) is 0.368. The van der Waals surface area contributed by atoms with Crippen LogP contribution in [0.1, 0.15) is 38.8 Å². The van der Waals surface area contributed by atoms with Gasteiger partial charge in [-0.1, -0.05) is 32.9 Å². The molecule has 1 aromatic carbocycles. The van der Waals surface area contributed by atoms with Crippen LogP contribution in [0.4, 0.5) is 5.69 Å². The Morgan fingerprint density at radius 1 is 1.33 bits per heavy atom. The molecule has 0 spiro atoms. The minimum atomic E-state index is -0.674. The lowest BCUT2D eigenvalue weighted by Crippen LogP contribution is -2.30. The molecule has 1 amide bonds. The Bertz CT molecular complexity index is 708. The molecule has 128 valence electrons. The van der Waals surface area contributed by atoms with Crippen molar-refractivity contribution in [1.82, 2.24) is 4.98 Å². The average Bonchev–Trinajstić information content (AvgIpc) is 2.54. The number of aliphatic hydroxyl groups excluding tert-OH is 1. The molecule has 0 radical (unpaired) electrons. The largest absolute Gasteiger partial charge is 0.481 e. The van der Waals surface area contributed by atoms with Gasteiger partial charge in [-0.25, -0.2) is 0 Å². The number of ether oxygens (including phenoxy) is 1. The zero-order chi connectivity index (χ0) is 17.7. The molecule has 2 aromatic rings. The van der Waals surface area contributed by atoms with Gasteiger partial charge in [0, 0.05) is 11.8 Å². The molecule has 1 aromatic heterocycles. The van der Waals surface area contributed by atoms with E-state index in [2.05, 4.69) is 31.1 Å². The molecule has 0 saturated heterocycles. The van der Waals surface area contributed by atoms with Crippen LogP contribution >= 0.6 is 0 Å². The van der Waals surface area contributed by atoms with Crippen LogP contribution in [0.2, 0.25) is 0 Å². The third kappa shape index (κ3) is 4.55. The van der Waals surface area contributed by atoms with E-state index in [0.717, 1.165) is 5.56 Å². The molecule has 0 aliphatic rings. The fourth-order valence-electron chi connectivity index (χ4n) is 2.20. The van der Waals surface area contributed by atoms with Gasteiger partial charge in [-0.3, -0.25) is 9.78 Å². The number of hydrogen-bond acceptors (Lipinski definition) is 4. The summed E-state index contributed by atoms with van der Waals surface area (Å²) >= 11 is 0. The molecule has 5 nitrogen and oxygen atoms in total. The monoisotopic (exact) mass is 328 g/mol. The Morgan fingerprint density at radius 3 is 2.75 bits per heavy atom. The molecule has 0 fully saturated rings. The number of pyridine rings is 1. The molecular formula is C19H24N2O3. The van der Waals surface area contributed by atoms with E-state index in [-0.39, 0.29) is 17.9 Å². The van der Waals surface area contributed by atoms with Gasteiger partial charge in [0.1, 0.15) is 5.75 Å². The summed E-state index contributed by atoms with van der Waals surface area (Å²) in [6.07, 6.45) is 2.40. The molecule has 0 aliphatic heterocycles. The van der Waals surface area contributed by atoms with Crippen LogP contribution in [-0.4, -0.2) is 22.1 Å². The maximum absolute atomic E-state index is 12.3. The summed E-state index contributed by atoms with van der Waals surface area (Å²) in [6.45, 7) is 7.90. The van der Waals surface area contributed by atoms with Crippen LogP contribution in [0.15, 0.2) is 42.7 Å².